The Morgan fingerprint density at radius 2 is 2.05 bits per heavy atom. The first-order chi connectivity index (χ1) is 9.11. The summed E-state index contributed by atoms with van der Waals surface area (Å²) in [5, 5.41) is 23.5. The van der Waals surface area contributed by atoms with E-state index in [1.165, 1.54) is 23.1 Å². The molecule has 110 valence electrons. The fourth-order valence-corrected chi connectivity index (χ4v) is 1.53. The number of rotatable bonds is 5. The molecule has 0 spiro atoms. The maximum Gasteiger partial charge on any atom is 0.293 e. The SMILES string of the molecule is CN(C)C(=O)c1ccc(NCC(C)(C)O)c([N+](=O)[O-])c1. The van der Waals surface area contributed by atoms with Gasteiger partial charge in [0.15, 0.2) is 0 Å². The van der Waals surface area contributed by atoms with Gasteiger partial charge in [-0.25, -0.2) is 0 Å². The first kappa shape index (κ1) is 15.9. The molecule has 0 heterocycles. The van der Waals surface area contributed by atoms with Gasteiger partial charge in [-0.3, -0.25) is 14.9 Å². The molecule has 0 radical (unpaired) electrons. The van der Waals surface area contributed by atoms with E-state index in [0.29, 0.717) is 0 Å². The lowest BCUT2D eigenvalue weighted by Crippen LogP contribution is -2.29. The Morgan fingerprint density at radius 3 is 2.50 bits per heavy atom. The fourth-order valence-electron chi connectivity index (χ4n) is 1.53. The van der Waals surface area contributed by atoms with Crippen molar-refractivity contribution < 1.29 is 14.8 Å². The molecule has 0 aromatic heterocycles. The van der Waals surface area contributed by atoms with Gasteiger partial charge in [0.25, 0.3) is 11.6 Å². The number of benzene rings is 1. The second-order valence-electron chi connectivity index (χ2n) is 5.35. The van der Waals surface area contributed by atoms with Gasteiger partial charge in [0.1, 0.15) is 5.69 Å². The molecule has 0 aliphatic carbocycles. The van der Waals surface area contributed by atoms with E-state index in [0.717, 1.165) is 0 Å². The number of amides is 1. The van der Waals surface area contributed by atoms with E-state index in [9.17, 15) is 20.0 Å². The highest BCUT2D eigenvalue weighted by molar-refractivity contribution is 5.95. The standard InChI is InChI=1S/C13H19N3O4/c1-13(2,18)8-14-10-6-5-9(12(17)15(3)4)7-11(10)16(19)20/h5-7,14,18H,8H2,1-4H3. The quantitative estimate of drug-likeness (QED) is 0.629. The molecule has 1 rings (SSSR count). The Labute approximate surface area is 117 Å². The zero-order chi connectivity index (χ0) is 15.5. The average molecular weight is 281 g/mol. The lowest BCUT2D eigenvalue weighted by Gasteiger charge is -2.18. The van der Waals surface area contributed by atoms with Gasteiger partial charge in [-0.2, -0.15) is 0 Å². The third-order valence-corrected chi connectivity index (χ3v) is 2.56. The van der Waals surface area contributed by atoms with Gasteiger partial charge >= 0.3 is 0 Å². The normalized spacial score (nSPS) is 11.1. The molecular formula is C13H19N3O4. The predicted molar refractivity (Wildman–Crippen MR) is 75.9 cm³/mol. The molecule has 0 saturated carbocycles. The highest BCUT2D eigenvalue weighted by Gasteiger charge is 2.20. The van der Waals surface area contributed by atoms with Crippen LogP contribution in [0.15, 0.2) is 18.2 Å². The van der Waals surface area contributed by atoms with E-state index >= 15 is 0 Å². The number of hydrogen-bond acceptors (Lipinski definition) is 5. The summed E-state index contributed by atoms with van der Waals surface area (Å²) in [4.78, 5) is 23.7. The monoisotopic (exact) mass is 281 g/mol. The van der Waals surface area contributed by atoms with Gasteiger partial charge in [-0.1, -0.05) is 0 Å². The topological polar surface area (TPSA) is 95.7 Å². The zero-order valence-electron chi connectivity index (χ0n) is 12.0. The predicted octanol–water partition coefficient (Wildman–Crippen LogP) is 1.48. The zero-order valence-corrected chi connectivity index (χ0v) is 12.0. The van der Waals surface area contributed by atoms with Crippen molar-refractivity contribution in [3.63, 3.8) is 0 Å². The van der Waals surface area contributed by atoms with Crippen molar-refractivity contribution in [1.29, 1.82) is 0 Å². The van der Waals surface area contributed by atoms with Crippen LogP contribution in [0.3, 0.4) is 0 Å². The van der Waals surface area contributed by atoms with Crippen molar-refractivity contribution in [3.8, 4) is 0 Å². The summed E-state index contributed by atoms with van der Waals surface area (Å²) in [6.07, 6.45) is 0. The molecule has 0 aliphatic rings. The maximum atomic E-state index is 11.8. The van der Waals surface area contributed by atoms with Gasteiger partial charge in [0.2, 0.25) is 0 Å². The van der Waals surface area contributed by atoms with Crippen molar-refractivity contribution in [1.82, 2.24) is 4.90 Å². The fraction of sp³-hybridized carbons (Fsp3) is 0.462. The number of carbonyl (C=O) groups excluding carboxylic acids is 1. The average Bonchev–Trinajstić information content (AvgIpc) is 2.34. The van der Waals surface area contributed by atoms with Gasteiger partial charge in [-0.15, -0.1) is 0 Å². The van der Waals surface area contributed by atoms with Gasteiger partial charge < -0.3 is 15.3 Å². The highest BCUT2D eigenvalue weighted by Crippen LogP contribution is 2.26. The number of nitro benzene ring substituents is 1. The van der Waals surface area contributed by atoms with Crippen molar-refractivity contribution in [2.24, 2.45) is 0 Å². The minimum absolute atomic E-state index is 0.162. The molecule has 0 atom stereocenters. The van der Waals surface area contributed by atoms with Crippen LogP contribution >= 0.6 is 0 Å². The Kier molecular flexibility index (Phi) is 4.67. The number of aliphatic hydroxyl groups is 1. The number of carbonyl (C=O) groups is 1. The van der Waals surface area contributed by atoms with E-state index in [4.69, 9.17) is 0 Å². The maximum absolute atomic E-state index is 11.8. The first-order valence-corrected chi connectivity index (χ1v) is 6.08. The van der Waals surface area contributed by atoms with Crippen LogP contribution < -0.4 is 5.32 Å². The van der Waals surface area contributed by atoms with E-state index in [1.54, 1.807) is 27.9 Å². The van der Waals surface area contributed by atoms with Gasteiger partial charge in [-0.05, 0) is 26.0 Å². The third-order valence-electron chi connectivity index (χ3n) is 2.56. The molecule has 1 amide bonds. The Hall–Kier alpha value is -2.15. The number of anilines is 1. The number of nitro groups is 1. The lowest BCUT2D eigenvalue weighted by atomic mass is 10.1. The van der Waals surface area contributed by atoms with E-state index < -0.39 is 10.5 Å². The summed E-state index contributed by atoms with van der Waals surface area (Å²) >= 11 is 0. The second kappa shape index (κ2) is 5.87. The van der Waals surface area contributed by atoms with Gasteiger partial charge in [0, 0.05) is 32.3 Å². The highest BCUT2D eigenvalue weighted by atomic mass is 16.6. The van der Waals surface area contributed by atoms with Crippen molar-refractivity contribution in [2.75, 3.05) is 26.0 Å². The summed E-state index contributed by atoms with van der Waals surface area (Å²) in [5.41, 5.74) is -0.670. The molecule has 0 bridgehead atoms. The number of hydrogen-bond donors (Lipinski definition) is 2. The van der Waals surface area contributed by atoms with Crippen LogP contribution in [0, 0.1) is 10.1 Å². The van der Waals surface area contributed by atoms with Crippen LogP contribution in [0.5, 0.6) is 0 Å². The summed E-state index contributed by atoms with van der Waals surface area (Å²) in [7, 11) is 3.16. The second-order valence-corrected chi connectivity index (χ2v) is 5.35. The van der Waals surface area contributed by atoms with E-state index in [-0.39, 0.29) is 29.4 Å². The summed E-state index contributed by atoms with van der Waals surface area (Å²) in [6.45, 7) is 3.35. The lowest BCUT2D eigenvalue weighted by molar-refractivity contribution is -0.384. The Bertz CT molecular complexity index is 521. The molecule has 0 saturated heterocycles. The van der Waals surface area contributed by atoms with Gasteiger partial charge in [0.05, 0.1) is 10.5 Å². The number of nitrogens with zero attached hydrogens (tertiary/aromatic N) is 2. The van der Waals surface area contributed by atoms with E-state index in [2.05, 4.69) is 5.32 Å². The van der Waals surface area contributed by atoms with Crippen LogP contribution in [0.4, 0.5) is 11.4 Å². The summed E-state index contributed by atoms with van der Waals surface area (Å²) in [5.74, 6) is -0.304. The summed E-state index contributed by atoms with van der Waals surface area (Å²) < 4.78 is 0. The molecule has 20 heavy (non-hydrogen) atoms. The molecule has 0 aliphatic heterocycles. The molecule has 0 unspecified atom stereocenters. The minimum Gasteiger partial charge on any atom is -0.389 e. The molecular weight excluding hydrogens is 262 g/mol. The summed E-state index contributed by atoms with van der Waals surface area (Å²) in [6, 6.07) is 4.22. The minimum atomic E-state index is -0.994. The Morgan fingerprint density at radius 1 is 1.45 bits per heavy atom. The first-order valence-electron chi connectivity index (χ1n) is 6.08. The molecule has 7 nitrogen and oxygen atoms in total. The van der Waals surface area contributed by atoms with Crippen molar-refractivity contribution in [2.45, 2.75) is 19.4 Å². The molecule has 1 aromatic carbocycles. The van der Waals surface area contributed by atoms with E-state index in [1.807, 2.05) is 0 Å². The molecule has 7 heteroatoms. The number of nitrogens with one attached hydrogen (secondary N) is 1. The largest absolute Gasteiger partial charge is 0.389 e. The van der Waals surface area contributed by atoms with Crippen LogP contribution in [0.25, 0.3) is 0 Å². The third kappa shape index (κ3) is 4.20. The van der Waals surface area contributed by atoms with Crippen LogP contribution in [0.2, 0.25) is 0 Å². The van der Waals surface area contributed by atoms with Crippen LogP contribution in [0.1, 0.15) is 24.2 Å². The van der Waals surface area contributed by atoms with Crippen molar-refractivity contribution in [3.05, 3.63) is 33.9 Å². The molecule has 2 N–H and O–H groups in total. The van der Waals surface area contributed by atoms with Crippen LogP contribution in [-0.4, -0.2) is 47.1 Å². The smallest absolute Gasteiger partial charge is 0.293 e. The molecule has 0 fully saturated rings. The van der Waals surface area contributed by atoms with Crippen molar-refractivity contribution >= 4 is 17.3 Å². The van der Waals surface area contributed by atoms with Crippen LogP contribution in [-0.2, 0) is 0 Å². The Balaban J connectivity index is 3.08. The molecule has 1 aromatic rings.